The molecule has 0 bridgehead atoms. The van der Waals surface area contributed by atoms with Crippen molar-refractivity contribution in [2.75, 3.05) is 5.73 Å². The maximum Gasteiger partial charge on any atom is 0.239 e. The highest BCUT2D eigenvalue weighted by atomic mass is 32.2. The minimum atomic E-state index is -3.81. The standard InChI is InChI=1S/C9H10N4O2S3/c1-5-12-9(17-13-5)16-7-3-2-6(10)4-8(7)18(11,14)15/h2-4H,10H2,1H3,(H2,11,14,15). The number of aryl methyl sites for hydroxylation is 1. The van der Waals surface area contributed by atoms with E-state index in [1.807, 2.05) is 0 Å². The van der Waals surface area contributed by atoms with E-state index in [1.54, 1.807) is 19.1 Å². The molecule has 1 aromatic carbocycles. The molecule has 2 rings (SSSR count). The quantitative estimate of drug-likeness (QED) is 0.825. The number of hydrogen-bond donors (Lipinski definition) is 2. The minimum Gasteiger partial charge on any atom is -0.399 e. The SMILES string of the molecule is Cc1nsc(Sc2ccc(N)cc2S(N)(=O)=O)n1. The van der Waals surface area contributed by atoms with Crippen LogP contribution in [0.2, 0.25) is 0 Å². The van der Waals surface area contributed by atoms with Crippen molar-refractivity contribution in [3.8, 4) is 0 Å². The third-order valence-electron chi connectivity index (χ3n) is 1.98. The summed E-state index contributed by atoms with van der Waals surface area (Å²) in [6.07, 6.45) is 0. The summed E-state index contributed by atoms with van der Waals surface area (Å²) < 4.78 is 27.6. The van der Waals surface area contributed by atoms with Gasteiger partial charge in [-0.25, -0.2) is 18.5 Å². The minimum absolute atomic E-state index is 0.000327. The molecule has 1 heterocycles. The highest BCUT2D eigenvalue weighted by Gasteiger charge is 2.16. The Bertz CT molecular complexity index is 681. The van der Waals surface area contributed by atoms with Gasteiger partial charge in [0.15, 0.2) is 4.34 Å². The second-order valence-electron chi connectivity index (χ2n) is 3.46. The molecule has 0 saturated heterocycles. The summed E-state index contributed by atoms with van der Waals surface area (Å²) in [6, 6.07) is 4.56. The van der Waals surface area contributed by atoms with Crippen molar-refractivity contribution in [1.29, 1.82) is 0 Å². The number of anilines is 1. The average Bonchev–Trinajstić information content (AvgIpc) is 2.65. The molecule has 4 N–H and O–H groups in total. The summed E-state index contributed by atoms with van der Waals surface area (Å²) in [5.41, 5.74) is 5.91. The van der Waals surface area contributed by atoms with Crippen LogP contribution in [-0.2, 0) is 10.0 Å². The number of nitrogen functional groups attached to an aromatic ring is 1. The van der Waals surface area contributed by atoms with E-state index in [1.165, 1.54) is 29.4 Å². The molecule has 1 aromatic heterocycles. The van der Waals surface area contributed by atoms with Gasteiger partial charge in [-0.1, -0.05) is 11.8 Å². The third kappa shape index (κ3) is 2.99. The van der Waals surface area contributed by atoms with Gasteiger partial charge in [-0.2, -0.15) is 4.37 Å². The Morgan fingerprint density at radius 2 is 2.11 bits per heavy atom. The molecule has 0 aliphatic rings. The Labute approximate surface area is 113 Å². The predicted octanol–water partition coefficient (Wildman–Crippen LogP) is 1.23. The van der Waals surface area contributed by atoms with Gasteiger partial charge in [-0.3, -0.25) is 0 Å². The van der Waals surface area contributed by atoms with Crippen LogP contribution < -0.4 is 10.9 Å². The fourth-order valence-corrected chi connectivity index (χ4v) is 3.98. The van der Waals surface area contributed by atoms with Gasteiger partial charge in [0.1, 0.15) is 5.82 Å². The average molecular weight is 302 g/mol. The molecule has 0 unspecified atom stereocenters. The highest BCUT2D eigenvalue weighted by molar-refractivity contribution is 8.01. The second kappa shape index (κ2) is 4.84. The number of aromatic nitrogens is 2. The number of nitrogens with two attached hydrogens (primary N) is 2. The molecule has 0 atom stereocenters. The Kier molecular flexibility index (Phi) is 3.57. The van der Waals surface area contributed by atoms with Crippen LogP contribution in [0.3, 0.4) is 0 Å². The molecule has 0 aliphatic heterocycles. The summed E-state index contributed by atoms with van der Waals surface area (Å²) >= 11 is 2.40. The van der Waals surface area contributed by atoms with Crippen molar-refractivity contribution in [2.24, 2.45) is 5.14 Å². The van der Waals surface area contributed by atoms with Crippen molar-refractivity contribution in [1.82, 2.24) is 9.36 Å². The van der Waals surface area contributed by atoms with E-state index in [4.69, 9.17) is 10.9 Å². The Morgan fingerprint density at radius 1 is 1.39 bits per heavy atom. The van der Waals surface area contributed by atoms with Crippen molar-refractivity contribution < 1.29 is 8.42 Å². The van der Waals surface area contributed by atoms with E-state index < -0.39 is 10.0 Å². The van der Waals surface area contributed by atoms with Crippen LogP contribution in [0.4, 0.5) is 5.69 Å². The molecule has 9 heteroatoms. The first-order valence-corrected chi connectivity index (χ1v) is 7.90. The van der Waals surface area contributed by atoms with Crippen molar-refractivity contribution in [3.63, 3.8) is 0 Å². The Balaban J connectivity index is 2.45. The van der Waals surface area contributed by atoms with E-state index >= 15 is 0 Å². The lowest BCUT2D eigenvalue weighted by atomic mass is 10.3. The Morgan fingerprint density at radius 3 is 2.67 bits per heavy atom. The fraction of sp³-hybridized carbons (Fsp3) is 0.111. The molecule has 0 amide bonds. The van der Waals surface area contributed by atoms with Gasteiger partial charge in [-0.05, 0) is 36.7 Å². The van der Waals surface area contributed by atoms with Gasteiger partial charge in [0, 0.05) is 10.6 Å². The van der Waals surface area contributed by atoms with E-state index in [0.29, 0.717) is 20.7 Å². The summed E-state index contributed by atoms with van der Waals surface area (Å²) in [5, 5.41) is 5.16. The lowest BCUT2D eigenvalue weighted by Gasteiger charge is -2.06. The number of nitrogens with zero attached hydrogens (tertiary/aromatic N) is 2. The first-order valence-electron chi connectivity index (χ1n) is 4.77. The fourth-order valence-electron chi connectivity index (χ4n) is 1.24. The van der Waals surface area contributed by atoms with Crippen molar-refractivity contribution in [2.45, 2.75) is 21.1 Å². The molecule has 0 spiro atoms. The molecule has 0 saturated carbocycles. The second-order valence-corrected chi connectivity index (χ2v) is 7.03. The van der Waals surface area contributed by atoms with E-state index in [9.17, 15) is 8.42 Å². The molecule has 0 aliphatic carbocycles. The van der Waals surface area contributed by atoms with Gasteiger partial charge in [0.05, 0.1) is 4.90 Å². The van der Waals surface area contributed by atoms with Gasteiger partial charge in [0.25, 0.3) is 0 Å². The zero-order chi connectivity index (χ0) is 13.3. The molecule has 0 radical (unpaired) electrons. The van der Waals surface area contributed by atoms with Crippen LogP contribution >= 0.6 is 23.3 Å². The number of hydrogen-bond acceptors (Lipinski definition) is 7. The number of benzene rings is 1. The van der Waals surface area contributed by atoms with E-state index in [-0.39, 0.29) is 4.90 Å². The molecular weight excluding hydrogens is 292 g/mol. The van der Waals surface area contributed by atoms with Crippen LogP contribution in [0.25, 0.3) is 0 Å². The normalized spacial score (nSPS) is 11.7. The molecule has 2 aromatic rings. The van der Waals surface area contributed by atoms with Gasteiger partial charge in [-0.15, -0.1) is 0 Å². The number of sulfonamides is 1. The maximum absolute atomic E-state index is 11.5. The first kappa shape index (κ1) is 13.3. The van der Waals surface area contributed by atoms with Gasteiger partial charge < -0.3 is 5.73 Å². The Hall–Kier alpha value is -1.16. The van der Waals surface area contributed by atoms with Crippen LogP contribution in [-0.4, -0.2) is 17.8 Å². The summed E-state index contributed by atoms with van der Waals surface area (Å²) in [7, 11) is -3.81. The zero-order valence-corrected chi connectivity index (χ0v) is 11.8. The zero-order valence-electron chi connectivity index (χ0n) is 9.32. The molecule has 6 nitrogen and oxygen atoms in total. The molecule has 0 fully saturated rings. The number of rotatable bonds is 3. The lowest BCUT2D eigenvalue weighted by Crippen LogP contribution is -2.13. The summed E-state index contributed by atoms with van der Waals surface area (Å²) in [6.45, 7) is 1.77. The largest absolute Gasteiger partial charge is 0.399 e. The summed E-state index contributed by atoms with van der Waals surface area (Å²) in [4.78, 5) is 4.64. The lowest BCUT2D eigenvalue weighted by molar-refractivity contribution is 0.596. The van der Waals surface area contributed by atoms with Crippen LogP contribution in [0.1, 0.15) is 5.82 Å². The third-order valence-corrected chi connectivity index (χ3v) is 4.98. The van der Waals surface area contributed by atoms with E-state index in [2.05, 4.69) is 9.36 Å². The van der Waals surface area contributed by atoms with Crippen LogP contribution in [0, 0.1) is 6.92 Å². The van der Waals surface area contributed by atoms with Gasteiger partial charge >= 0.3 is 0 Å². The molecular formula is C9H10N4O2S3. The highest BCUT2D eigenvalue weighted by Crippen LogP contribution is 2.34. The predicted molar refractivity (Wildman–Crippen MR) is 71.0 cm³/mol. The van der Waals surface area contributed by atoms with Gasteiger partial charge in [0.2, 0.25) is 10.0 Å². The van der Waals surface area contributed by atoms with Crippen molar-refractivity contribution >= 4 is 39.0 Å². The van der Waals surface area contributed by atoms with E-state index in [0.717, 1.165) is 0 Å². The van der Waals surface area contributed by atoms with Crippen LogP contribution in [0.15, 0.2) is 32.3 Å². The smallest absolute Gasteiger partial charge is 0.239 e. The maximum atomic E-state index is 11.5. The monoisotopic (exact) mass is 302 g/mol. The molecule has 18 heavy (non-hydrogen) atoms. The first-order chi connectivity index (χ1) is 8.36. The summed E-state index contributed by atoms with van der Waals surface area (Å²) in [5.74, 6) is 0.648. The molecule has 96 valence electrons. The topological polar surface area (TPSA) is 112 Å². The number of primary sulfonamides is 1. The van der Waals surface area contributed by atoms with Crippen LogP contribution in [0.5, 0.6) is 0 Å². The van der Waals surface area contributed by atoms with Crippen molar-refractivity contribution in [3.05, 3.63) is 24.0 Å².